The Morgan fingerprint density at radius 2 is 2.18 bits per heavy atom. The standard InChI is InChI=1S/C6H11N3.2ClH/c1-6(7)5-9-4-2-3-8-9;;/h2-4,6H,5,7H2,1H3;2*1H. The SMILES string of the molecule is CC(N)Cn1cccn1.Cl.Cl. The van der Waals surface area contributed by atoms with Crippen molar-refractivity contribution in [1.29, 1.82) is 0 Å². The van der Waals surface area contributed by atoms with Gasteiger partial charge < -0.3 is 5.73 Å². The number of hydrogen-bond acceptors (Lipinski definition) is 2. The highest BCUT2D eigenvalue weighted by Crippen LogP contribution is 1.85. The number of halogens is 2. The molecule has 1 atom stereocenters. The third kappa shape index (κ3) is 5.07. The molecular formula is C6H13Cl2N3. The number of aromatic nitrogens is 2. The van der Waals surface area contributed by atoms with Crippen molar-refractivity contribution in [2.75, 3.05) is 0 Å². The van der Waals surface area contributed by atoms with Gasteiger partial charge in [-0.3, -0.25) is 4.68 Å². The molecule has 5 heteroatoms. The van der Waals surface area contributed by atoms with Crippen molar-refractivity contribution in [2.45, 2.75) is 19.5 Å². The quantitative estimate of drug-likeness (QED) is 0.772. The Balaban J connectivity index is 0. The molecule has 1 aromatic rings. The summed E-state index contributed by atoms with van der Waals surface area (Å²) in [5.74, 6) is 0. The van der Waals surface area contributed by atoms with Gasteiger partial charge in [0.2, 0.25) is 0 Å². The monoisotopic (exact) mass is 197 g/mol. The van der Waals surface area contributed by atoms with Gasteiger partial charge in [-0.25, -0.2) is 0 Å². The summed E-state index contributed by atoms with van der Waals surface area (Å²) in [6, 6.07) is 2.08. The van der Waals surface area contributed by atoms with Gasteiger partial charge in [-0.05, 0) is 13.0 Å². The first-order valence-corrected chi connectivity index (χ1v) is 3.02. The molecule has 0 bridgehead atoms. The Hall–Kier alpha value is -0.250. The number of rotatable bonds is 2. The average molecular weight is 198 g/mol. The van der Waals surface area contributed by atoms with Crippen LogP contribution >= 0.6 is 24.8 Å². The first kappa shape index (κ1) is 13.3. The molecule has 1 aromatic heterocycles. The van der Waals surface area contributed by atoms with Crippen molar-refractivity contribution in [2.24, 2.45) is 5.73 Å². The normalized spacial score (nSPS) is 11.1. The summed E-state index contributed by atoms with van der Waals surface area (Å²) in [6.07, 6.45) is 3.66. The van der Waals surface area contributed by atoms with E-state index in [1.165, 1.54) is 0 Å². The Bertz CT molecular complexity index is 162. The van der Waals surface area contributed by atoms with E-state index in [-0.39, 0.29) is 30.9 Å². The maximum Gasteiger partial charge on any atom is 0.0557 e. The fourth-order valence-electron chi connectivity index (χ4n) is 0.704. The molecule has 0 aliphatic heterocycles. The average Bonchev–Trinajstić information content (AvgIpc) is 2.15. The first-order chi connectivity index (χ1) is 4.29. The zero-order valence-corrected chi connectivity index (χ0v) is 7.94. The highest BCUT2D eigenvalue weighted by molar-refractivity contribution is 5.85. The van der Waals surface area contributed by atoms with Crippen LogP contribution < -0.4 is 5.73 Å². The fraction of sp³-hybridized carbons (Fsp3) is 0.500. The Labute approximate surface area is 78.8 Å². The van der Waals surface area contributed by atoms with E-state index < -0.39 is 0 Å². The van der Waals surface area contributed by atoms with Crippen LogP contribution in [0.2, 0.25) is 0 Å². The Kier molecular flexibility index (Phi) is 7.84. The lowest BCUT2D eigenvalue weighted by Crippen LogP contribution is -2.22. The fourth-order valence-corrected chi connectivity index (χ4v) is 0.704. The summed E-state index contributed by atoms with van der Waals surface area (Å²) < 4.78 is 1.82. The molecule has 66 valence electrons. The molecule has 2 N–H and O–H groups in total. The predicted octanol–water partition coefficient (Wildman–Crippen LogP) is 1.07. The van der Waals surface area contributed by atoms with Crippen molar-refractivity contribution in [3.8, 4) is 0 Å². The summed E-state index contributed by atoms with van der Waals surface area (Å²) in [6.45, 7) is 2.76. The van der Waals surface area contributed by atoms with Gasteiger partial charge in [0.25, 0.3) is 0 Å². The maximum atomic E-state index is 5.52. The zero-order chi connectivity index (χ0) is 6.69. The first-order valence-electron chi connectivity index (χ1n) is 3.02. The van der Waals surface area contributed by atoms with E-state index in [4.69, 9.17) is 5.73 Å². The molecule has 0 radical (unpaired) electrons. The van der Waals surface area contributed by atoms with Gasteiger partial charge in [-0.15, -0.1) is 24.8 Å². The second-order valence-electron chi connectivity index (χ2n) is 2.21. The lowest BCUT2D eigenvalue weighted by molar-refractivity contribution is 0.538. The van der Waals surface area contributed by atoms with Crippen LogP contribution in [0.15, 0.2) is 18.5 Å². The van der Waals surface area contributed by atoms with Crippen LogP contribution in [-0.4, -0.2) is 15.8 Å². The molecule has 0 fully saturated rings. The number of hydrogen-bond donors (Lipinski definition) is 1. The van der Waals surface area contributed by atoms with Gasteiger partial charge in [0.1, 0.15) is 0 Å². The highest BCUT2D eigenvalue weighted by Gasteiger charge is 1.93. The van der Waals surface area contributed by atoms with Crippen molar-refractivity contribution < 1.29 is 0 Å². The third-order valence-electron chi connectivity index (χ3n) is 1.03. The van der Waals surface area contributed by atoms with Crippen LogP contribution in [0.4, 0.5) is 0 Å². The number of nitrogens with zero attached hydrogens (tertiary/aromatic N) is 2. The maximum absolute atomic E-state index is 5.52. The van der Waals surface area contributed by atoms with E-state index >= 15 is 0 Å². The summed E-state index contributed by atoms with van der Waals surface area (Å²) in [4.78, 5) is 0. The predicted molar refractivity (Wildman–Crippen MR) is 50.4 cm³/mol. The van der Waals surface area contributed by atoms with Gasteiger partial charge in [0.05, 0.1) is 6.54 Å². The summed E-state index contributed by atoms with van der Waals surface area (Å²) >= 11 is 0. The van der Waals surface area contributed by atoms with Crippen molar-refractivity contribution in [1.82, 2.24) is 9.78 Å². The molecule has 0 aromatic carbocycles. The molecule has 0 aliphatic carbocycles. The van der Waals surface area contributed by atoms with E-state index in [0.29, 0.717) is 0 Å². The van der Waals surface area contributed by atoms with Gasteiger partial charge in [0.15, 0.2) is 0 Å². The largest absolute Gasteiger partial charge is 0.326 e. The molecule has 1 unspecified atom stereocenters. The van der Waals surface area contributed by atoms with Crippen LogP contribution in [0.3, 0.4) is 0 Å². The van der Waals surface area contributed by atoms with Crippen LogP contribution in [0, 0.1) is 0 Å². The Morgan fingerprint density at radius 1 is 1.55 bits per heavy atom. The molecule has 0 aliphatic rings. The van der Waals surface area contributed by atoms with Gasteiger partial charge in [-0.2, -0.15) is 5.10 Å². The van der Waals surface area contributed by atoms with E-state index in [9.17, 15) is 0 Å². The van der Waals surface area contributed by atoms with E-state index in [1.54, 1.807) is 6.20 Å². The second-order valence-corrected chi connectivity index (χ2v) is 2.21. The summed E-state index contributed by atoms with van der Waals surface area (Å²) in [5.41, 5.74) is 5.52. The lowest BCUT2D eigenvalue weighted by atomic mass is 10.4. The molecular weight excluding hydrogens is 185 g/mol. The van der Waals surface area contributed by atoms with Crippen LogP contribution in [0.1, 0.15) is 6.92 Å². The molecule has 1 heterocycles. The van der Waals surface area contributed by atoms with Crippen LogP contribution in [0.25, 0.3) is 0 Å². The van der Waals surface area contributed by atoms with Crippen molar-refractivity contribution in [3.05, 3.63) is 18.5 Å². The highest BCUT2D eigenvalue weighted by atomic mass is 35.5. The molecule has 1 rings (SSSR count). The molecule has 0 amide bonds. The lowest BCUT2D eigenvalue weighted by Gasteiger charge is -2.02. The minimum absolute atomic E-state index is 0. The molecule has 0 saturated heterocycles. The van der Waals surface area contributed by atoms with Crippen molar-refractivity contribution >= 4 is 24.8 Å². The van der Waals surface area contributed by atoms with Gasteiger partial charge in [0, 0.05) is 18.4 Å². The van der Waals surface area contributed by atoms with E-state index in [2.05, 4.69) is 5.10 Å². The molecule has 0 spiro atoms. The molecule has 11 heavy (non-hydrogen) atoms. The summed E-state index contributed by atoms with van der Waals surface area (Å²) in [7, 11) is 0. The summed E-state index contributed by atoms with van der Waals surface area (Å²) in [5, 5.41) is 3.99. The van der Waals surface area contributed by atoms with Gasteiger partial charge in [-0.1, -0.05) is 0 Å². The minimum atomic E-state index is 0. The second kappa shape index (κ2) is 6.46. The van der Waals surface area contributed by atoms with Crippen LogP contribution in [-0.2, 0) is 6.54 Å². The zero-order valence-electron chi connectivity index (χ0n) is 6.30. The topological polar surface area (TPSA) is 43.8 Å². The smallest absolute Gasteiger partial charge is 0.0557 e. The van der Waals surface area contributed by atoms with E-state index in [0.717, 1.165) is 6.54 Å². The molecule has 3 nitrogen and oxygen atoms in total. The van der Waals surface area contributed by atoms with Crippen molar-refractivity contribution in [3.63, 3.8) is 0 Å². The minimum Gasteiger partial charge on any atom is -0.326 e. The van der Waals surface area contributed by atoms with Gasteiger partial charge >= 0.3 is 0 Å². The van der Waals surface area contributed by atoms with E-state index in [1.807, 2.05) is 23.9 Å². The third-order valence-corrected chi connectivity index (χ3v) is 1.03. The molecule has 0 saturated carbocycles. The van der Waals surface area contributed by atoms with Crippen LogP contribution in [0.5, 0.6) is 0 Å². The number of nitrogens with two attached hydrogens (primary N) is 1. The Morgan fingerprint density at radius 3 is 2.55 bits per heavy atom.